The first kappa shape index (κ1) is 19.5. The molecule has 4 nitrogen and oxygen atoms in total. The maximum Gasteiger partial charge on any atom is 0.335 e. The first-order valence-electron chi connectivity index (χ1n) is 10.3. The lowest BCUT2D eigenvalue weighted by Gasteiger charge is -2.27. The van der Waals surface area contributed by atoms with Crippen molar-refractivity contribution in [3.05, 3.63) is 47.3 Å². The highest BCUT2D eigenvalue weighted by Gasteiger charge is 2.23. The van der Waals surface area contributed by atoms with E-state index in [-0.39, 0.29) is 5.56 Å². The fourth-order valence-corrected chi connectivity index (χ4v) is 4.14. The largest absolute Gasteiger partial charge is 0.478 e. The molecule has 1 aromatic carbocycles. The molecule has 0 bridgehead atoms. The molecule has 1 aliphatic rings. The van der Waals surface area contributed by atoms with Crippen LogP contribution in [0.25, 0.3) is 11.4 Å². The smallest absolute Gasteiger partial charge is 0.335 e. The van der Waals surface area contributed by atoms with Gasteiger partial charge in [0.05, 0.1) is 5.56 Å². The Kier molecular flexibility index (Phi) is 6.59. The van der Waals surface area contributed by atoms with E-state index in [9.17, 15) is 4.79 Å². The van der Waals surface area contributed by atoms with Crippen LogP contribution >= 0.6 is 0 Å². The molecular weight excluding hydrogens is 336 g/mol. The van der Waals surface area contributed by atoms with Gasteiger partial charge in [-0.2, -0.15) is 0 Å². The van der Waals surface area contributed by atoms with Gasteiger partial charge in [0.25, 0.3) is 0 Å². The molecule has 2 atom stereocenters. The zero-order valence-corrected chi connectivity index (χ0v) is 16.4. The molecule has 0 saturated heterocycles. The van der Waals surface area contributed by atoms with E-state index < -0.39 is 5.97 Å². The van der Waals surface area contributed by atoms with Crippen molar-refractivity contribution in [2.24, 2.45) is 11.8 Å². The molecule has 1 aromatic heterocycles. The summed E-state index contributed by atoms with van der Waals surface area (Å²) < 4.78 is 0. The number of rotatable bonds is 8. The second kappa shape index (κ2) is 9.12. The molecule has 0 saturated carbocycles. The van der Waals surface area contributed by atoms with Gasteiger partial charge in [0.1, 0.15) is 0 Å². The van der Waals surface area contributed by atoms with E-state index in [1.165, 1.54) is 49.8 Å². The van der Waals surface area contributed by atoms with E-state index >= 15 is 0 Å². The fraction of sp³-hybridized carbons (Fsp3) is 0.522. The average Bonchev–Trinajstić information content (AvgIpc) is 2.70. The van der Waals surface area contributed by atoms with Gasteiger partial charge in [-0.25, -0.2) is 14.8 Å². The van der Waals surface area contributed by atoms with Gasteiger partial charge in [0, 0.05) is 17.5 Å². The lowest BCUT2D eigenvalue weighted by Crippen LogP contribution is -2.19. The van der Waals surface area contributed by atoms with Gasteiger partial charge >= 0.3 is 5.97 Å². The summed E-state index contributed by atoms with van der Waals surface area (Å²) in [6, 6.07) is 6.79. The van der Waals surface area contributed by atoms with Crippen molar-refractivity contribution < 1.29 is 9.90 Å². The van der Waals surface area contributed by atoms with Crippen LogP contribution in [0.1, 0.15) is 74.0 Å². The normalized spacial score (nSPS) is 17.3. The maximum absolute atomic E-state index is 11.0. The van der Waals surface area contributed by atoms with Crippen molar-refractivity contribution in [3.8, 4) is 11.4 Å². The van der Waals surface area contributed by atoms with Crippen LogP contribution in [0.15, 0.2) is 30.5 Å². The van der Waals surface area contributed by atoms with Crippen LogP contribution in [0.4, 0.5) is 0 Å². The summed E-state index contributed by atoms with van der Waals surface area (Å²) in [5.41, 5.74) is 3.62. The molecule has 0 aliphatic heterocycles. The van der Waals surface area contributed by atoms with Gasteiger partial charge in [-0.1, -0.05) is 51.7 Å². The van der Waals surface area contributed by atoms with Crippen molar-refractivity contribution in [2.45, 2.75) is 65.2 Å². The number of unbranched alkanes of at least 4 members (excludes halogenated alkanes) is 1. The number of aromatic carboxylic acids is 1. The first-order chi connectivity index (χ1) is 13.1. The van der Waals surface area contributed by atoms with Crippen LogP contribution in [-0.2, 0) is 12.8 Å². The summed E-state index contributed by atoms with van der Waals surface area (Å²) >= 11 is 0. The first-order valence-corrected chi connectivity index (χ1v) is 10.3. The summed E-state index contributed by atoms with van der Waals surface area (Å²) in [7, 11) is 0. The van der Waals surface area contributed by atoms with Crippen LogP contribution < -0.4 is 0 Å². The van der Waals surface area contributed by atoms with Crippen molar-refractivity contribution in [1.82, 2.24) is 9.97 Å². The molecular formula is C23H30N2O2. The molecule has 0 spiro atoms. The molecule has 2 aromatic rings. The lowest BCUT2D eigenvalue weighted by atomic mass is 9.79. The highest BCUT2D eigenvalue weighted by atomic mass is 16.4. The topological polar surface area (TPSA) is 63.1 Å². The molecule has 4 heteroatoms. The number of nitrogens with zero attached hydrogens (tertiary/aromatic N) is 2. The molecule has 1 aliphatic carbocycles. The Morgan fingerprint density at radius 3 is 2.70 bits per heavy atom. The fourth-order valence-electron chi connectivity index (χ4n) is 4.14. The molecule has 0 fully saturated rings. The van der Waals surface area contributed by atoms with Gasteiger partial charge < -0.3 is 5.11 Å². The third kappa shape index (κ3) is 4.94. The van der Waals surface area contributed by atoms with Gasteiger partial charge in [-0.05, 0) is 55.2 Å². The summed E-state index contributed by atoms with van der Waals surface area (Å²) in [5, 5.41) is 9.03. The predicted molar refractivity (Wildman–Crippen MR) is 108 cm³/mol. The minimum absolute atomic E-state index is 0.285. The zero-order chi connectivity index (χ0) is 19.2. The molecule has 144 valence electrons. The number of aromatic nitrogens is 2. The number of carboxylic acid groups (broad SMARTS) is 1. The SMILES string of the molecule is CCCCC(CC)CC1CCc2nc(-c3ccc(C(=O)O)cc3)ncc2C1. The molecule has 1 N–H and O–H groups in total. The van der Waals surface area contributed by atoms with E-state index in [0.717, 1.165) is 30.2 Å². The van der Waals surface area contributed by atoms with Crippen LogP contribution in [0.5, 0.6) is 0 Å². The van der Waals surface area contributed by atoms with Gasteiger partial charge in [-0.3, -0.25) is 0 Å². The van der Waals surface area contributed by atoms with Crippen molar-refractivity contribution in [1.29, 1.82) is 0 Å². The standard InChI is InChI=1S/C23H30N2O2/c1-3-5-6-16(4-2)13-17-7-12-21-20(14-17)15-24-22(25-21)18-8-10-19(11-9-18)23(26)27/h8-11,15-17H,3-7,12-14H2,1-2H3,(H,26,27). The Bertz CT molecular complexity index is 770. The van der Waals surface area contributed by atoms with E-state index in [1.807, 2.05) is 6.20 Å². The number of carbonyl (C=O) groups is 1. The Balaban J connectivity index is 1.68. The number of hydrogen-bond donors (Lipinski definition) is 1. The molecule has 1 heterocycles. The Morgan fingerprint density at radius 2 is 2.04 bits per heavy atom. The monoisotopic (exact) mass is 366 g/mol. The van der Waals surface area contributed by atoms with E-state index in [0.29, 0.717) is 5.82 Å². The number of aryl methyl sites for hydroxylation is 1. The van der Waals surface area contributed by atoms with Gasteiger partial charge in [0.2, 0.25) is 0 Å². The molecule has 0 radical (unpaired) electrons. The minimum atomic E-state index is -0.914. The Labute approximate surface area is 162 Å². The Hall–Kier alpha value is -2.23. The minimum Gasteiger partial charge on any atom is -0.478 e. The van der Waals surface area contributed by atoms with Crippen LogP contribution in [0, 0.1) is 11.8 Å². The van der Waals surface area contributed by atoms with Crippen molar-refractivity contribution in [3.63, 3.8) is 0 Å². The highest BCUT2D eigenvalue weighted by molar-refractivity contribution is 5.88. The molecule has 2 unspecified atom stereocenters. The van der Waals surface area contributed by atoms with Crippen molar-refractivity contribution >= 4 is 5.97 Å². The van der Waals surface area contributed by atoms with E-state index in [4.69, 9.17) is 10.1 Å². The number of fused-ring (bicyclic) bond motifs is 1. The van der Waals surface area contributed by atoms with E-state index in [1.54, 1.807) is 24.3 Å². The third-order valence-corrected chi connectivity index (χ3v) is 5.85. The van der Waals surface area contributed by atoms with Crippen LogP contribution in [0.2, 0.25) is 0 Å². The number of benzene rings is 1. The second-order valence-electron chi connectivity index (χ2n) is 7.81. The van der Waals surface area contributed by atoms with Crippen LogP contribution in [-0.4, -0.2) is 21.0 Å². The maximum atomic E-state index is 11.0. The summed E-state index contributed by atoms with van der Waals surface area (Å²) in [6.45, 7) is 4.59. The lowest BCUT2D eigenvalue weighted by molar-refractivity contribution is 0.0697. The number of hydrogen-bond acceptors (Lipinski definition) is 3. The summed E-state index contributed by atoms with van der Waals surface area (Å²) in [6.07, 6.45) is 11.9. The predicted octanol–water partition coefficient (Wildman–Crippen LogP) is 5.55. The summed E-state index contributed by atoms with van der Waals surface area (Å²) in [4.78, 5) is 20.3. The zero-order valence-electron chi connectivity index (χ0n) is 16.4. The van der Waals surface area contributed by atoms with Crippen molar-refractivity contribution in [2.75, 3.05) is 0 Å². The molecule has 27 heavy (non-hydrogen) atoms. The molecule has 3 rings (SSSR count). The third-order valence-electron chi connectivity index (χ3n) is 5.85. The molecule has 0 amide bonds. The quantitative estimate of drug-likeness (QED) is 0.665. The number of carboxylic acids is 1. The summed E-state index contributed by atoms with van der Waals surface area (Å²) in [5.74, 6) is 1.38. The van der Waals surface area contributed by atoms with Crippen LogP contribution in [0.3, 0.4) is 0 Å². The second-order valence-corrected chi connectivity index (χ2v) is 7.81. The Morgan fingerprint density at radius 1 is 1.26 bits per heavy atom. The van der Waals surface area contributed by atoms with Gasteiger partial charge in [-0.15, -0.1) is 0 Å². The highest BCUT2D eigenvalue weighted by Crippen LogP contribution is 2.32. The van der Waals surface area contributed by atoms with E-state index in [2.05, 4.69) is 18.8 Å². The van der Waals surface area contributed by atoms with Gasteiger partial charge in [0.15, 0.2) is 5.82 Å². The average molecular weight is 367 g/mol.